The van der Waals surface area contributed by atoms with Crippen LogP contribution in [0.4, 0.5) is 5.69 Å². The van der Waals surface area contributed by atoms with E-state index in [1.54, 1.807) is 6.07 Å². The maximum atomic E-state index is 10.9. The fourth-order valence-corrected chi connectivity index (χ4v) is 2.73. The van der Waals surface area contributed by atoms with E-state index in [0.29, 0.717) is 16.0 Å². The number of hydrogen-bond donors (Lipinski definition) is 1. The van der Waals surface area contributed by atoms with Gasteiger partial charge in [-0.1, -0.05) is 39.7 Å². The van der Waals surface area contributed by atoms with Crippen LogP contribution in [0.25, 0.3) is 0 Å². The van der Waals surface area contributed by atoms with Crippen LogP contribution in [0.5, 0.6) is 0 Å². The van der Waals surface area contributed by atoms with Gasteiger partial charge in [0.1, 0.15) is 0 Å². The fraction of sp³-hybridized carbons (Fsp3) is 0.200. The van der Waals surface area contributed by atoms with E-state index in [4.69, 9.17) is 11.6 Å². The van der Waals surface area contributed by atoms with Crippen molar-refractivity contribution in [1.29, 1.82) is 0 Å². The molecule has 6 heteroatoms. The molecule has 0 saturated heterocycles. The Morgan fingerprint density at radius 3 is 2.76 bits per heavy atom. The van der Waals surface area contributed by atoms with Crippen molar-refractivity contribution in [2.45, 2.75) is 19.5 Å². The number of rotatable bonds is 5. The van der Waals surface area contributed by atoms with Gasteiger partial charge in [0, 0.05) is 34.2 Å². The zero-order chi connectivity index (χ0) is 15.4. The number of non-ortho nitro benzene ring substituents is 1. The van der Waals surface area contributed by atoms with Crippen LogP contribution in [0.3, 0.4) is 0 Å². The molecule has 0 aromatic heterocycles. The maximum Gasteiger partial charge on any atom is 0.270 e. The molecule has 110 valence electrons. The molecule has 1 N–H and O–H groups in total. The van der Waals surface area contributed by atoms with Gasteiger partial charge >= 0.3 is 0 Å². The molecule has 0 aliphatic rings. The Bertz CT molecular complexity index is 664. The third-order valence-electron chi connectivity index (χ3n) is 3.11. The standard InChI is InChI=1S/C15H14BrClN2O2/c1-10(12-3-2-4-14(17)7-12)18-9-11-5-13(16)8-15(6-11)19(20)21/h2-8,10,18H,9H2,1H3. The minimum Gasteiger partial charge on any atom is -0.306 e. The predicted octanol–water partition coefficient (Wildman–Crippen LogP) is 4.86. The Balaban J connectivity index is 2.07. The molecule has 0 amide bonds. The second-order valence-corrected chi connectivity index (χ2v) is 6.08. The van der Waals surface area contributed by atoms with E-state index in [9.17, 15) is 10.1 Å². The van der Waals surface area contributed by atoms with Crippen molar-refractivity contribution in [2.24, 2.45) is 0 Å². The summed E-state index contributed by atoms with van der Waals surface area (Å²) in [6, 6.07) is 12.7. The number of benzene rings is 2. The number of nitrogens with one attached hydrogen (secondary N) is 1. The van der Waals surface area contributed by atoms with Gasteiger partial charge in [-0.15, -0.1) is 0 Å². The lowest BCUT2D eigenvalue weighted by molar-refractivity contribution is -0.385. The Kier molecular flexibility index (Phi) is 5.33. The summed E-state index contributed by atoms with van der Waals surface area (Å²) < 4.78 is 0.698. The van der Waals surface area contributed by atoms with Gasteiger partial charge in [0.2, 0.25) is 0 Å². The summed E-state index contributed by atoms with van der Waals surface area (Å²) in [7, 11) is 0. The van der Waals surface area contributed by atoms with Crippen molar-refractivity contribution < 1.29 is 4.92 Å². The van der Waals surface area contributed by atoms with Crippen molar-refractivity contribution in [1.82, 2.24) is 5.32 Å². The quantitative estimate of drug-likeness (QED) is 0.605. The van der Waals surface area contributed by atoms with E-state index in [-0.39, 0.29) is 11.7 Å². The third kappa shape index (κ3) is 4.52. The van der Waals surface area contributed by atoms with E-state index in [0.717, 1.165) is 11.1 Å². The van der Waals surface area contributed by atoms with E-state index < -0.39 is 4.92 Å². The summed E-state index contributed by atoms with van der Waals surface area (Å²) in [5, 5.41) is 14.9. The first kappa shape index (κ1) is 15.9. The summed E-state index contributed by atoms with van der Waals surface area (Å²) in [6.45, 7) is 2.56. The smallest absolute Gasteiger partial charge is 0.270 e. The lowest BCUT2D eigenvalue weighted by Crippen LogP contribution is -2.18. The summed E-state index contributed by atoms with van der Waals surface area (Å²) in [6.07, 6.45) is 0. The summed E-state index contributed by atoms with van der Waals surface area (Å²) in [5.41, 5.74) is 2.01. The van der Waals surface area contributed by atoms with Gasteiger partial charge in [-0.2, -0.15) is 0 Å². The van der Waals surface area contributed by atoms with Crippen LogP contribution in [0.1, 0.15) is 24.1 Å². The molecule has 0 saturated carbocycles. The summed E-state index contributed by atoms with van der Waals surface area (Å²) in [4.78, 5) is 10.5. The molecule has 0 fully saturated rings. The predicted molar refractivity (Wildman–Crippen MR) is 87.5 cm³/mol. The molecule has 2 rings (SSSR count). The normalized spacial score (nSPS) is 12.1. The fourth-order valence-electron chi connectivity index (χ4n) is 2.01. The van der Waals surface area contributed by atoms with Crippen molar-refractivity contribution in [3.63, 3.8) is 0 Å². The van der Waals surface area contributed by atoms with E-state index in [1.165, 1.54) is 6.07 Å². The maximum absolute atomic E-state index is 10.9. The molecule has 0 heterocycles. The second kappa shape index (κ2) is 7.02. The lowest BCUT2D eigenvalue weighted by Gasteiger charge is -2.14. The molecule has 0 aliphatic heterocycles. The highest BCUT2D eigenvalue weighted by atomic mass is 79.9. The SMILES string of the molecule is CC(NCc1cc(Br)cc([N+](=O)[O-])c1)c1cccc(Cl)c1. The molecule has 1 unspecified atom stereocenters. The van der Waals surface area contributed by atoms with Gasteiger partial charge in [-0.05, 0) is 36.2 Å². The first-order chi connectivity index (χ1) is 9.95. The summed E-state index contributed by atoms with van der Waals surface area (Å²) in [5.74, 6) is 0. The number of halogens is 2. The molecule has 0 spiro atoms. The topological polar surface area (TPSA) is 55.2 Å². The molecular formula is C15H14BrClN2O2. The monoisotopic (exact) mass is 368 g/mol. The highest BCUT2D eigenvalue weighted by Crippen LogP contribution is 2.22. The van der Waals surface area contributed by atoms with Gasteiger partial charge < -0.3 is 5.32 Å². The van der Waals surface area contributed by atoms with Gasteiger partial charge in [0.25, 0.3) is 5.69 Å². The Morgan fingerprint density at radius 1 is 1.33 bits per heavy atom. The molecule has 0 aliphatic carbocycles. The van der Waals surface area contributed by atoms with Crippen LogP contribution in [-0.2, 0) is 6.54 Å². The highest BCUT2D eigenvalue weighted by molar-refractivity contribution is 9.10. The van der Waals surface area contributed by atoms with Crippen molar-refractivity contribution in [3.05, 3.63) is 73.2 Å². The van der Waals surface area contributed by atoms with Crippen LogP contribution in [0, 0.1) is 10.1 Å². The van der Waals surface area contributed by atoms with E-state index >= 15 is 0 Å². The minimum absolute atomic E-state index is 0.0802. The Morgan fingerprint density at radius 2 is 2.10 bits per heavy atom. The number of nitro benzene ring substituents is 1. The largest absolute Gasteiger partial charge is 0.306 e. The van der Waals surface area contributed by atoms with Gasteiger partial charge in [0.05, 0.1) is 4.92 Å². The first-order valence-corrected chi connectivity index (χ1v) is 7.55. The van der Waals surface area contributed by atoms with Crippen LogP contribution in [0.2, 0.25) is 5.02 Å². The second-order valence-electron chi connectivity index (χ2n) is 4.73. The van der Waals surface area contributed by atoms with Gasteiger partial charge in [0.15, 0.2) is 0 Å². The summed E-state index contributed by atoms with van der Waals surface area (Å²) >= 11 is 9.27. The number of nitro groups is 1. The number of nitrogens with zero attached hydrogens (tertiary/aromatic N) is 1. The van der Waals surface area contributed by atoms with Crippen LogP contribution in [-0.4, -0.2) is 4.92 Å². The van der Waals surface area contributed by atoms with Gasteiger partial charge in [-0.25, -0.2) is 0 Å². The Hall–Kier alpha value is -1.43. The molecule has 4 nitrogen and oxygen atoms in total. The molecular weight excluding hydrogens is 356 g/mol. The first-order valence-electron chi connectivity index (χ1n) is 6.38. The zero-order valence-electron chi connectivity index (χ0n) is 11.3. The molecule has 21 heavy (non-hydrogen) atoms. The van der Waals surface area contributed by atoms with Crippen molar-refractivity contribution >= 4 is 33.2 Å². The van der Waals surface area contributed by atoms with Crippen molar-refractivity contribution in [2.75, 3.05) is 0 Å². The van der Waals surface area contributed by atoms with Crippen molar-refractivity contribution in [3.8, 4) is 0 Å². The average molecular weight is 370 g/mol. The lowest BCUT2D eigenvalue weighted by atomic mass is 10.1. The third-order valence-corrected chi connectivity index (χ3v) is 3.81. The zero-order valence-corrected chi connectivity index (χ0v) is 13.7. The van der Waals surface area contributed by atoms with Crippen LogP contribution >= 0.6 is 27.5 Å². The molecule has 1 atom stereocenters. The van der Waals surface area contributed by atoms with Gasteiger partial charge in [-0.3, -0.25) is 10.1 Å². The highest BCUT2D eigenvalue weighted by Gasteiger charge is 2.10. The molecule has 2 aromatic carbocycles. The van der Waals surface area contributed by atoms with E-state index in [1.807, 2.05) is 37.3 Å². The molecule has 2 aromatic rings. The average Bonchev–Trinajstić information content (AvgIpc) is 2.44. The van der Waals surface area contributed by atoms with Crippen LogP contribution in [0.15, 0.2) is 46.9 Å². The van der Waals surface area contributed by atoms with Crippen LogP contribution < -0.4 is 5.32 Å². The Labute approximate surface area is 136 Å². The molecule has 0 bridgehead atoms. The van der Waals surface area contributed by atoms with E-state index in [2.05, 4.69) is 21.2 Å². The number of hydrogen-bond acceptors (Lipinski definition) is 3. The molecule has 0 radical (unpaired) electrons. The minimum atomic E-state index is -0.394.